The van der Waals surface area contributed by atoms with Gasteiger partial charge in [0.2, 0.25) is 21.1 Å². The highest BCUT2D eigenvalue weighted by Crippen LogP contribution is 2.38. The standard InChI is InChI=1S/C19H15Cl2F3N4O3S2/c1-10(16(29)25-18-27-26-17(32-18)11-3-5-12(20)6-4-11)28(33(2,30)31)13-7-8-15(21)14(9-13)19(22,23)24/h3-10H,1-2H3,(H,25,27,29)/t10-/m0/s1. The van der Waals surface area contributed by atoms with Gasteiger partial charge in [-0.05, 0) is 37.3 Å². The van der Waals surface area contributed by atoms with Crippen LogP contribution in [0.3, 0.4) is 0 Å². The third kappa shape index (κ3) is 5.94. The second kappa shape index (κ2) is 9.45. The molecule has 7 nitrogen and oxygen atoms in total. The Morgan fingerprint density at radius 2 is 1.76 bits per heavy atom. The van der Waals surface area contributed by atoms with E-state index in [9.17, 15) is 26.4 Å². The maximum atomic E-state index is 13.2. The number of nitrogens with one attached hydrogen (secondary N) is 1. The van der Waals surface area contributed by atoms with Gasteiger partial charge in [0.25, 0.3) is 0 Å². The number of rotatable bonds is 6. The van der Waals surface area contributed by atoms with Crippen molar-refractivity contribution in [2.75, 3.05) is 15.9 Å². The van der Waals surface area contributed by atoms with E-state index >= 15 is 0 Å². The van der Waals surface area contributed by atoms with Crippen LogP contribution >= 0.6 is 34.5 Å². The van der Waals surface area contributed by atoms with Crippen LogP contribution in [-0.4, -0.2) is 36.8 Å². The molecule has 0 fully saturated rings. The molecule has 0 saturated carbocycles. The minimum atomic E-state index is -4.81. The molecule has 0 aliphatic rings. The lowest BCUT2D eigenvalue weighted by Crippen LogP contribution is -2.45. The van der Waals surface area contributed by atoms with E-state index < -0.39 is 38.7 Å². The van der Waals surface area contributed by atoms with E-state index in [4.69, 9.17) is 23.2 Å². The Bertz CT molecular complexity index is 1280. The Hall–Kier alpha value is -2.41. The normalized spacial score (nSPS) is 12.9. The SMILES string of the molecule is C[C@@H](C(=O)Nc1nnc(-c2ccc(Cl)cc2)s1)N(c1ccc(Cl)c(C(F)(F)F)c1)S(C)(=O)=O. The summed E-state index contributed by atoms with van der Waals surface area (Å²) in [6, 6.07) is 7.91. The van der Waals surface area contributed by atoms with E-state index in [1.807, 2.05) is 0 Å². The largest absolute Gasteiger partial charge is 0.417 e. The molecule has 14 heteroatoms. The Kier molecular flexibility index (Phi) is 7.22. The topological polar surface area (TPSA) is 92.3 Å². The van der Waals surface area contributed by atoms with Gasteiger partial charge < -0.3 is 0 Å². The molecule has 3 aromatic rings. The summed E-state index contributed by atoms with van der Waals surface area (Å²) in [5.41, 5.74) is -0.889. The van der Waals surface area contributed by atoms with Crippen molar-refractivity contribution >= 4 is 61.3 Å². The van der Waals surface area contributed by atoms with Crippen LogP contribution in [0.25, 0.3) is 10.6 Å². The van der Waals surface area contributed by atoms with Crippen molar-refractivity contribution in [3.8, 4) is 10.6 Å². The number of anilines is 2. The first-order valence-corrected chi connectivity index (χ1v) is 12.5. The van der Waals surface area contributed by atoms with E-state index in [2.05, 4.69) is 15.5 Å². The zero-order chi connectivity index (χ0) is 24.6. The summed E-state index contributed by atoms with van der Waals surface area (Å²) in [6.45, 7) is 1.24. The zero-order valence-corrected chi connectivity index (χ0v) is 20.0. The van der Waals surface area contributed by atoms with E-state index in [1.165, 1.54) is 6.92 Å². The molecule has 0 unspecified atom stereocenters. The molecule has 3 rings (SSSR count). The molecule has 1 atom stereocenters. The van der Waals surface area contributed by atoms with Crippen molar-refractivity contribution in [2.45, 2.75) is 19.1 Å². The Labute approximate surface area is 201 Å². The molecular weight excluding hydrogens is 524 g/mol. The molecular formula is C19H15Cl2F3N4O3S2. The van der Waals surface area contributed by atoms with E-state index in [0.717, 1.165) is 29.7 Å². The van der Waals surface area contributed by atoms with Gasteiger partial charge in [0.15, 0.2) is 0 Å². The lowest BCUT2D eigenvalue weighted by molar-refractivity contribution is -0.137. The van der Waals surface area contributed by atoms with E-state index in [1.54, 1.807) is 24.3 Å². The number of benzene rings is 2. The van der Waals surface area contributed by atoms with Crippen molar-refractivity contribution in [1.82, 2.24) is 10.2 Å². The van der Waals surface area contributed by atoms with Crippen LogP contribution in [0.4, 0.5) is 24.0 Å². The molecule has 176 valence electrons. The van der Waals surface area contributed by atoms with Gasteiger partial charge >= 0.3 is 6.18 Å². The first-order chi connectivity index (χ1) is 15.3. The smallest absolute Gasteiger partial charge is 0.299 e. The fourth-order valence-electron chi connectivity index (χ4n) is 2.87. The maximum Gasteiger partial charge on any atom is 0.417 e. The molecule has 0 aliphatic carbocycles. The van der Waals surface area contributed by atoms with Gasteiger partial charge in [-0.15, -0.1) is 10.2 Å². The Morgan fingerprint density at radius 3 is 2.33 bits per heavy atom. The fourth-order valence-corrected chi connectivity index (χ4v) is 5.14. The second-order valence-corrected chi connectivity index (χ2v) is 10.5. The molecule has 0 radical (unpaired) electrons. The number of carbonyl (C=O) groups excluding carboxylic acids is 1. The number of carbonyl (C=O) groups is 1. The van der Waals surface area contributed by atoms with Gasteiger partial charge in [0.1, 0.15) is 11.0 Å². The molecule has 0 spiro atoms. The molecule has 1 N–H and O–H groups in total. The number of sulfonamides is 1. The Balaban J connectivity index is 1.87. The first-order valence-electron chi connectivity index (χ1n) is 9.04. The van der Waals surface area contributed by atoms with Gasteiger partial charge in [-0.25, -0.2) is 8.42 Å². The Morgan fingerprint density at radius 1 is 1.12 bits per heavy atom. The predicted molar refractivity (Wildman–Crippen MR) is 122 cm³/mol. The number of hydrogen-bond donors (Lipinski definition) is 1. The highest BCUT2D eigenvalue weighted by Gasteiger charge is 2.36. The molecule has 0 saturated heterocycles. The van der Waals surface area contributed by atoms with Crippen LogP contribution in [0, 0.1) is 0 Å². The van der Waals surface area contributed by atoms with Crippen molar-refractivity contribution in [3.05, 3.63) is 58.1 Å². The molecule has 0 aliphatic heterocycles. The first kappa shape index (κ1) is 25.2. The number of halogens is 5. The summed E-state index contributed by atoms with van der Waals surface area (Å²) in [5.74, 6) is -0.817. The van der Waals surface area contributed by atoms with Gasteiger partial charge in [-0.1, -0.05) is 46.7 Å². The minimum Gasteiger partial charge on any atom is -0.299 e. The van der Waals surface area contributed by atoms with Gasteiger partial charge in [0.05, 0.1) is 22.5 Å². The van der Waals surface area contributed by atoms with Crippen LogP contribution in [0.15, 0.2) is 42.5 Å². The van der Waals surface area contributed by atoms with E-state index in [0.29, 0.717) is 26.0 Å². The highest BCUT2D eigenvalue weighted by atomic mass is 35.5. The van der Waals surface area contributed by atoms with Crippen molar-refractivity contribution in [3.63, 3.8) is 0 Å². The highest BCUT2D eigenvalue weighted by molar-refractivity contribution is 7.92. The molecule has 1 heterocycles. The summed E-state index contributed by atoms with van der Waals surface area (Å²) >= 11 is 12.5. The quantitative estimate of drug-likeness (QED) is 0.458. The van der Waals surface area contributed by atoms with Crippen LogP contribution in [0.5, 0.6) is 0 Å². The van der Waals surface area contributed by atoms with Crippen LogP contribution < -0.4 is 9.62 Å². The average Bonchev–Trinajstić information content (AvgIpc) is 3.16. The van der Waals surface area contributed by atoms with Gasteiger partial charge in [0, 0.05) is 10.6 Å². The summed E-state index contributed by atoms with van der Waals surface area (Å²) in [7, 11) is -4.15. The summed E-state index contributed by atoms with van der Waals surface area (Å²) in [6.07, 6.45) is -4.03. The van der Waals surface area contributed by atoms with Crippen LogP contribution in [0.2, 0.25) is 10.0 Å². The minimum absolute atomic E-state index is 0.0809. The number of nitrogens with zero attached hydrogens (tertiary/aromatic N) is 3. The molecule has 33 heavy (non-hydrogen) atoms. The summed E-state index contributed by atoms with van der Waals surface area (Å²) in [5, 5.41) is 10.8. The van der Waals surface area contributed by atoms with Crippen molar-refractivity contribution in [2.24, 2.45) is 0 Å². The number of aromatic nitrogens is 2. The third-order valence-electron chi connectivity index (χ3n) is 4.34. The molecule has 2 aromatic carbocycles. The predicted octanol–water partition coefficient (Wildman–Crippen LogP) is 5.32. The zero-order valence-electron chi connectivity index (χ0n) is 16.9. The summed E-state index contributed by atoms with van der Waals surface area (Å²) < 4.78 is 65.1. The third-order valence-corrected chi connectivity index (χ3v) is 7.06. The lowest BCUT2D eigenvalue weighted by Gasteiger charge is -2.28. The molecule has 1 amide bonds. The number of amides is 1. The second-order valence-electron chi connectivity index (χ2n) is 6.81. The fraction of sp³-hybridized carbons (Fsp3) is 0.211. The average molecular weight is 539 g/mol. The number of hydrogen-bond acceptors (Lipinski definition) is 6. The van der Waals surface area contributed by atoms with Crippen LogP contribution in [-0.2, 0) is 21.0 Å². The number of alkyl halides is 3. The van der Waals surface area contributed by atoms with Crippen LogP contribution in [0.1, 0.15) is 12.5 Å². The maximum absolute atomic E-state index is 13.2. The molecule has 1 aromatic heterocycles. The van der Waals surface area contributed by atoms with E-state index in [-0.39, 0.29) is 10.8 Å². The monoisotopic (exact) mass is 538 g/mol. The lowest BCUT2D eigenvalue weighted by atomic mass is 10.1. The van der Waals surface area contributed by atoms with Crippen molar-refractivity contribution < 1.29 is 26.4 Å². The summed E-state index contributed by atoms with van der Waals surface area (Å²) in [4.78, 5) is 12.8. The van der Waals surface area contributed by atoms with Crippen molar-refractivity contribution in [1.29, 1.82) is 0 Å². The van der Waals surface area contributed by atoms with Gasteiger partial charge in [-0.2, -0.15) is 13.2 Å². The molecule has 0 bridgehead atoms. The van der Waals surface area contributed by atoms with Gasteiger partial charge in [-0.3, -0.25) is 14.4 Å².